The molecule has 0 bridgehead atoms. The number of carbonyl (C=O) groups is 1. The van der Waals surface area contributed by atoms with Gasteiger partial charge >= 0.3 is 0 Å². The number of terminal acetylenes is 1. The van der Waals surface area contributed by atoms with E-state index in [1.807, 2.05) is 13.8 Å². The third-order valence-electron chi connectivity index (χ3n) is 2.34. The summed E-state index contributed by atoms with van der Waals surface area (Å²) in [6, 6.07) is 0. The third kappa shape index (κ3) is 1.06. The van der Waals surface area contributed by atoms with Crippen LogP contribution in [0.2, 0.25) is 0 Å². The molecule has 0 aromatic carbocycles. The van der Waals surface area contributed by atoms with Crippen LogP contribution in [0.5, 0.6) is 0 Å². The van der Waals surface area contributed by atoms with Gasteiger partial charge in [0.05, 0.1) is 0 Å². The van der Waals surface area contributed by atoms with Gasteiger partial charge in [-0.05, 0) is 12.8 Å². The molecule has 1 fully saturated rings. The normalized spacial score (nSPS) is 35.3. The molecule has 1 rings (SSSR count). The van der Waals surface area contributed by atoms with Crippen molar-refractivity contribution in [1.29, 1.82) is 0 Å². The Labute approximate surface area is 66.6 Å². The summed E-state index contributed by atoms with van der Waals surface area (Å²) >= 11 is 0. The summed E-state index contributed by atoms with van der Waals surface area (Å²) in [5.74, 6) is 1.94. The Kier molecular flexibility index (Phi) is 1.57. The average molecular weight is 152 g/mol. The minimum atomic E-state index is -1.48. The highest BCUT2D eigenvalue weighted by Crippen LogP contribution is 2.39. The van der Waals surface area contributed by atoms with E-state index in [9.17, 15) is 9.90 Å². The van der Waals surface area contributed by atoms with Crippen LogP contribution in [0.25, 0.3) is 0 Å². The van der Waals surface area contributed by atoms with Gasteiger partial charge in [0.2, 0.25) is 0 Å². The largest absolute Gasteiger partial charge is 0.371 e. The van der Waals surface area contributed by atoms with Crippen LogP contribution in [0.1, 0.15) is 26.7 Å². The SMILES string of the molecule is C#CC1(O)CCC(C)(C)C1=O. The Bertz CT molecular complexity index is 234. The van der Waals surface area contributed by atoms with E-state index in [1.54, 1.807) is 0 Å². The number of hydrogen-bond donors (Lipinski definition) is 1. The number of rotatable bonds is 0. The Balaban J connectivity index is 2.98. The molecule has 1 N–H and O–H groups in total. The van der Waals surface area contributed by atoms with Crippen LogP contribution >= 0.6 is 0 Å². The lowest BCUT2D eigenvalue weighted by Crippen LogP contribution is -2.36. The number of hydrogen-bond acceptors (Lipinski definition) is 2. The van der Waals surface area contributed by atoms with Crippen molar-refractivity contribution in [3.05, 3.63) is 0 Å². The van der Waals surface area contributed by atoms with Gasteiger partial charge in [-0.3, -0.25) is 4.79 Å². The van der Waals surface area contributed by atoms with E-state index in [0.717, 1.165) is 0 Å². The second-order valence-corrected chi connectivity index (χ2v) is 3.72. The van der Waals surface area contributed by atoms with Gasteiger partial charge < -0.3 is 5.11 Å². The van der Waals surface area contributed by atoms with E-state index < -0.39 is 11.0 Å². The highest BCUT2D eigenvalue weighted by atomic mass is 16.3. The number of ketones is 1. The molecule has 0 aromatic heterocycles. The van der Waals surface area contributed by atoms with Crippen molar-refractivity contribution < 1.29 is 9.90 Å². The summed E-state index contributed by atoms with van der Waals surface area (Å²) in [7, 11) is 0. The fraction of sp³-hybridized carbons (Fsp3) is 0.667. The van der Waals surface area contributed by atoms with E-state index in [1.165, 1.54) is 0 Å². The van der Waals surface area contributed by atoms with Crippen LogP contribution in [0.15, 0.2) is 0 Å². The number of Topliss-reactive ketones (excluding diaryl/α,β-unsaturated/α-hetero) is 1. The minimum absolute atomic E-state index is 0.215. The first kappa shape index (κ1) is 8.29. The summed E-state index contributed by atoms with van der Waals surface area (Å²) in [6.07, 6.45) is 6.13. The molecule has 2 nitrogen and oxygen atoms in total. The van der Waals surface area contributed by atoms with Crippen molar-refractivity contribution in [3.63, 3.8) is 0 Å². The van der Waals surface area contributed by atoms with Crippen LogP contribution in [0, 0.1) is 17.8 Å². The van der Waals surface area contributed by atoms with Crippen LogP contribution in [0.4, 0.5) is 0 Å². The zero-order valence-corrected chi connectivity index (χ0v) is 6.85. The predicted octanol–water partition coefficient (Wildman–Crippen LogP) is 0.740. The van der Waals surface area contributed by atoms with Crippen molar-refractivity contribution in [2.75, 3.05) is 0 Å². The summed E-state index contributed by atoms with van der Waals surface area (Å²) in [4.78, 5) is 11.4. The number of aliphatic hydroxyl groups is 1. The first-order valence-corrected chi connectivity index (χ1v) is 3.67. The molecule has 60 valence electrons. The van der Waals surface area contributed by atoms with Gasteiger partial charge in [0.25, 0.3) is 0 Å². The number of carbonyl (C=O) groups excluding carboxylic acids is 1. The molecule has 0 amide bonds. The lowest BCUT2D eigenvalue weighted by atomic mass is 9.88. The molecule has 1 atom stereocenters. The Morgan fingerprint density at radius 1 is 1.55 bits per heavy atom. The average Bonchev–Trinajstić information content (AvgIpc) is 2.16. The van der Waals surface area contributed by atoms with E-state index >= 15 is 0 Å². The fourth-order valence-corrected chi connectivity index (χ4v) is 1.42. The van der Waals surface area contributed by atoms with E-state index in [0.29, 0.717) is 12.8 Å². The molecule has 0 aliphatic heterocycles. The van der Waals surface area contributed by atoms with Crippen LogP contribution < -0.4 is 0 Å². The molecule has 0 spiro atoms. The van der Waals surface area contributed by atoms with Crippen molar-refractivity contribution >= 4 is 5.78 Å². The molecular weight excluding hydrogens is 140 g/mol. The zero-order valence-electron chi connectivity index (χ0n) is 6.85. The van der Waals surface area contributed by atoms with Crippen LogP contribution in [-0.2, 0) is 4.79 Å². The van der Waals surface area contributed by atoms with Crippen molar-refractivity contribution in [1.82, 2.24) is 0 Å². The van der Waals surface area contributed by atoms with E-state index in [4.69, 9.17) is 6.42 Å². The molecule has 11 heavy (non-hydrogen) atoms. The highest BCUT2D eigenvalue weighted by Gasteiger charge is 2.49. The zero-order chi connectivity index (χ0) is 8.70. The summed E-state index contributed by atoms with van der Waals surface area (Å²) in [5.41, 5.74) is -1.93. The first-order chi connectivity index (χ1) is 4.92. The second kappa shape index (κ2) is 2.09. The summed E-state index contributed by atoms with van der Waals surface area (Å²) in [6.45, 7) is 3.62. The second-order valence-electron chi connectivity index (χ2n) is 3.72. The molecule has 2 heteroatoms. The molecule has 1 aliphatic rings. The maximum Gasteiger partial charge on any atom is 0.184 e. The molecule has 0 aromatic rings. The van der Waals surface area contributed by atoms with Crippen LogP contribution in [-0.4, -0.2) is 16.5 Å². The topological polar surface area (TPSA) is 37.3 Å². The van der Waals surface area contributed by atoms with Gasteiger partial charge in [-0.25, -0.2) is 0 Å². The first-order valence-electron chi connectivity index (χ1n) is 3.67. The maximum atomic E-state index is 11.4. The fourth-order valence-electron chi connectivity index (χ4n) is 1.42. The smallest absolute Gasteiger partial charge is 0.184 e. The molecule has 0 radical (unpaired) electrons. The Hall–Kier alpha value is -0.810. The van der Waals surface area contributed by atoms with Gasteiger partial charge in [-0.15, -0.1) is 6.42 Å². The van der Waals surface area contributed by atoms with Gasteiger partial charge in [-0.2, -0.15) is 0 Å². The molecule has 1 saturated carbocycles. The van der Waals surface area contributed by atoms with Gasteiger partial charge in [0.1, 0.15) is 0 Å². The monoisotopic (exact) mass is 152 g/mol. The molecular formula is C9H12O2. The van der Waals surface area contributed by atoms with Gasteiger partial charge in [0, 0.05) is 5.41 Å². The lowest BCUT2D eigenvalue weighted by Gasteiger charge is -2.17. The molecule has 1 aliphatic carbocycles. The lowest BCUT2D eigenvalue weighted by molar-refractivity contribution is -0.135. The predicted molar refractivity (Wildman–Crippen MR) is 41.8 cm³/mol. The van der Waals surface area contributed by atoms with Crippen LogP contribution in [0.3, 0.4) is 0 Å². The van der Waals surface area contributed by atoms with Gasteiger partial charge in [0.15, 0.2) is 11.4 Å². The Morgan fingerprint density at radius 2 is 2.09 bits per heavy atom. The summed E-state index contributed by atoms with van der Waals surface area (Å²) in [5, 5.41) is 9.52. The third-order valence-corrected chi connectivity index (χ3v) is 2.34. The standard InChI is InChI=1S/C9H12O2/c1-4-9(11)6-5-8(2,3)7(9)10/h1,11H,5-6H2,2-3H3. The van der Waals surface area contributed by atoms with Crippen molar-refractivity contribution in [3.8, 4) is 12.3 Å². The quantitative estimate of drug-likeness (QED) is 0.520. The van der Waals surface area contributed by atoms with Crippen molar-refractivity contribution in [2.24, 2.45) is 5.41 Å². The van der Waals surface area contributed by atoms with Crippen molar-refractivity contribution in [2.45, 2.75) is 32.3 Å². The van der Waals surface area contributed by atoms with Gasteiger partial charge in [-0.1, -0.05) is 19.8 Å². The minimum Gasteiger partial charge on any atom is -0.371 e. The van der Waals surface area contributed by atoms with E-state index in [-0.39, 0.29) is 5.78 Å². The molecule has 0 saturated heterocycles. The van der Waals surface area contributed by atoms with E-state index in [2.05, 4.69) is 5.92 Å². The molecule has 0 heterocycles. The maximum absolute atomic E-state index is 11.4. The Morgan fingerprint density at radius 3 is 2.27 bits per heavy atom. The molecule has 1 unspecified atom stereocenters. The summed E-state index contributed by atoms with van der Waals surface area (Å²) < 4.78 is 0. The highest BCUT2D eigenvalue weighted by molar-refractivity contribution is 5.96.